The number of carbonyl (C=O) groups is 2. The van der Waals surface area contributed by atoms with Gasteiger partial charge < -0.3 is 16.0 Å². The summed E-state index contributed by atoms with van der Waals surface area (Å²) in [6.45, 7) is 8.81. The molecule has 5 heteroatoms. The lowest BCUT2D eigenvalue weighted by molar-refractivity contribution is -0.133. The Kier molecular flexibility index (Phi) is 7.72. The summed E-state index contributed by atoms with van der Waals surface area (Å²) >= 11 is 0. The lowest BCUT2D eigenvalue weighted by Gasteiger charge is -2.33. The number of piperidine rings is 1. The van der Waals surface area contributed by atoms with Crippen molar-refractivity contribution in [1.82, 2.24) is 10.2 Å². The van der Waals surface area contributed by atoms with Crippen LogP contribution in [0.1, 0.15) is 46.5 Å². The zero-order valence-corrected chi connectivity index (χ0v) is 13.7. The number of likely N-dealkylation sites (tertiary alicyclic amines) is 1. The van der Waals surface area contributed by atoms with Crippen molar-refractivity contribution in [2.24, 2.45) is 23.5 Å². The fourth-order valence-electron chi connectivity index (χ4n) is 2.98. The van der Waals surface area contributed by atoms with Crippen LogP contribution >= 0.6 is 0 Å². The first-order valence-corrected chi connectivity index (χ1v) is 8.14. The lowest BCUT2D eigenvalue weighted by atomic mass is 9.92. The first-order valence-electron chi connectivity index (χ1n) is 8.14. The summed E-state index contributed by atoms with van der Waals surface area (Å²) in [5, 5.41) is 2.86. The predicted molar refractivity (Wildman–Crippen MR) is 84.6 cm³/mol. The molecule has 0 saturated carbocycles. The molecule has 0 radical (unpaired) electrons. The second-order valence-electron chi connectivity index (χ2n) is 6.70. The highest BCUT2D eigenvalue weighted by Crippen LogP contribution is 2.20. The predicted octanol–water partition coefficient (Wildman–Crippen LogP) is 1.37. The summed E-state index contributed by atoms with van der Waals surface area (Å²) in [6, 6.07) is 0. The van der Waals surface area contributed by atoms with E-state index in [0.29, 0.717) is 30.7 Å². The zero-order valence-electron chi connectivity index (χ0n) is 13.7. The molecule has 1 aliphatic rings. The van der Waals surface area contributed by atoms with Gasteiger partial charge in [0.1, 0.15) is 0 Å². The topological polar surface area (TPSA) is 75.4 Å². The van der Waals surface area contributed by atoms with E-state index in [1.54, 1.807) is 6.92 Å². The van der Waals surface area contributed by atoms with Crippen molar-refractivity contribution < 1.29 is 9.59 Å². The quantitative estimate of drug-likeness (QED) is 0.745. The maximum atomic E-state index is 12.3. The summed E-state index contributed by atoms with van der Waals surface area (Å²) < 4.78 is 0. The summed E-state index contributed by atoms with van der Waals surface area (Å²) in [5.41, 5.74) is 5.78. The molecule has 2 amide bonds. The Bertz CT molecular complexity index is 336. The van der Waals surface area contributed by atoms with Gasteiger partial charge >= 0.3 is 0 Å². The molecule has 0 aromatic carbocycles. The van der Waals surface area contributed by atoms with Gasteiger partial charge in [0.05, 0.1) is 0 Å². The fraction of sp³-hybridized carbons (Fsp3) is 0.875. The van der Waals surface area contributed by atoms with Gasteiger partial charge in [-0.1, -0.05) is 13.8 Å². The molecule has 21 heavy (non-hydrogen) atoms. The van der Waals surface area contributed by atoms with E-state index in [1.807, 2.05) is 4.90 Å². The Labute approximate surface area is 128 Å². The third-order valence-electron chi connectivity index (χ3n) is 4.21. The molecule has 1 saturated heterocycles. The first kappa shape index (κ1) is 18.0. The normalized spacial score (nSPS) is 17.9. The second-order valence-corrected chi connectivity index (χ2v) is 6.70. The monoisotopic (exact) mass is 297 g/mol. The van der Waals surface area contributed by atoms with Gasteiger partial charge in [0.2, 0.25) is 11.8 Å². The molecule has 1 rings (SSSR count). The molecule has 1 aliphatic heterocycles. The van der Waals surface area contributed by atoms with Gasteiger partial charge in [-0.15, -0.1) is 0 Å². The van der Waals surface area contributed by atoms with E-state index in [1.165, 1.54) is 0 Å². The first-order chi connectivity index (χ1) is 9.92. The van der Waals surface area contributed by atoms with Gasteiger partial charge in [-0.3, -0.25) is 9.59 Å². The minimum atomic E-state index is 0.0213. The Balaban J connectivity index is 2.32. The van der Waals surface area contributed by atoms with Crippen molar-refractivity contribution in [1.29, 1.82) is 0 Å². The molecular weight excluding hydrogens is 266 g/mol. The largest absolute Gasteiger partial charge is 0.356 e. The van der Waals surface area contributed by atoms with Crippen LogP contribution in [0.3, 0.4) is 0 Å². The third kappa shape index (κ3) is 6.93. The van der Waals surface area contributed by atoms with Crippen molar-refractivity contribution in [2.75, 3.05) is 26.2 Å². The number of nitrogens with two attached hydrogens (primary N) is 1. The summed E-state index contributed by atoms with van der Waals surface area (Å²) in [4.78, 5) is 25.2. The fourth-order valence-corrected chi connectivity index (χ4v) is 2.98. The van der Waals surface area contributed by atoms with Crippen LogP contribution in [0.2, 0.25) is 0 Å². The molecular formula is C16H31N3O2. The van der Waals surface area contributed by atoms with Crippen LogP contribution in [0, 0.1) is 17.8 Å². The second kappa shape index (κ2) is 9.03. The molecule has 3 N–H and O–H groups in total. The highest BCUT2D eigenvalue weighted by atomic mass is 16.2. The summed E-state index contributed by atoms with van der Waals surface area (Å²) in [5.74, 6) is 1.64. The Morgan fingerprint density at radius 3 is 2.38 bits per heavy atom. The van der Waals surface area contributed by atoms with Crippen LogP contribution in [-0.2, 0) is 9.59 Å². The molecule has 0 aliphatic carbocycles. The molecule has 1 unspecified atom stereocenters. The van der Waals surface area contributed by atoms with E-state index < -0.39 is 0 Å². The molecule has 1 atom stereocenters. The molecule has 1 heterocycles. The van der Waals surface area contributed by atoms with Crippen LogP contribution in [0.15, 0.2) is 0 Å². The van der Waals surface area contributed by atoms with Crippen molar-refractivity contribution in [3.05, 3.63) is 0 Å². The van der Waals surface area contributed by atoms with Crippen molar-refractivity contribution >= 4 is 11.8 Å². The van der Waals surface area contributed by atoms with Crippen molar-refractivity contribution in [3.63, 3.8) is 0 Å². The average Bonchev–Trinajstić information content (AvgIpc) is 2.44. The summed E-state index contributed by atoms with van der Waals surface area (Å²) in [6.07, 6.45) is 3.54. The summed E-state index contributed by atoms with van der Waals surface area (Å²) in [7, 11) is 0. The van der Waals surface area contributed by atoms with Gasteiger partial charge in [0, 0.05) is 33.0 Å². The van der Waals surface area contributed by atoms with Gasteiger partial charge in [0.25, 0.3) is 0 Å². The maximum absolute atomic E-state index is 12.3. The molecule has 122 valence electrons. The Morgan fingerprint density at radius 1 is 1.29 bits per heavy atom. The number of carbonyl (C=O) groups excluding carboxylic acids is 2. The van der Waals surface area contributed by atoms with Crippen LogP contribution < -0.4 is 11.1 Å². The Hall–Kier alpha value is -1.10. The van der Waals surface area contributed by atoms with Gasteiger partial charge in [-0.2, -0.15) is 0 Å². The maximum Gasteiger partial charge on any atom is 0.222 e. The SMILES string of the molecule is CC(=O)NCC1CCN(C(=O)CC(CN)CC(C)C)CC1. The van der Waals surface area contributed by atoms with E-state index in [-0.39, 0.29) is 11.8 Å². The zero-order chi connectivity index (χ0) is 15.8. The highest BCUT2D eigenvalue weighted by molar-refractivity contribution is 5.76. The number of rotatable bonds is 7. The molecule has 1 fully saturated rings. The van der Waals surface area contributed by atoms with E-state index >= 15 is 0 Å². The lowest BCUT2D eigenvalue weighted by Crippen LogP contribution is -2.42. The van der Waals surface area contributed by atoms with E-state index in [2.05, 4.69) is 19.2 Å². The molecule has 0 aromatic heterocycles. The minimum absolute atomic E-state index is 0.0213. The van der Waals surface area contributed by atoms with Crippen LogP contribution in [0.5, 0.6) is 0 Å². The molecule has 0 aromatic rings. The van der Waals surface area contributed by atoms with Gasteiger partial charge in [0.15, 0.2) is 0 Å². The van der Waals surface area contributed by atoms with E-state index in [4.69, 9.17) is 5.73 Å². The number of amides is 2. The molecule has 5 nitrogen and oxygen atoms in total. The van der Waals surface area contributed by atoms with Gasteiger partial charge in [-0.05, 0) is 43.6 Å². The number of nitrogens with one attached hydrogen (secondary N) is 1. The smallest absolute Gasteiger partial charge is 0.222 e. The van der Waals surface area contributed by atoms with Gasteiger partial charge in [-0.25, -0.2) is 0 Å². The van der Waals surface area contributed by atoms with E-state index in [9.17, 15) is 9.59 Å². The molecule has 0 spiro atoms. The number of hydrogen-bond acceptors (Lipinski definition) is 3. The third-order valence-corrected chi connectivity index (χ3v) is 4.21. The van der Waals surface area contributed by atoms with Crippen molar-refractivity contribution in [3.8, 4) is 0 Å². The number of nitrogens with zero attached hydrogens (tertiary/aromatic N) is 1. The molecule has 0 bridgehead atoms. The highest BCUT2D eigenvalue weighted by Gasteiger charge is 2.24. The van der Waals surface area contributed by atoms with E-state index in [0.717, 1.165) is 38.9 Å². The van der Waals surface area contributed by atoms with Crippen LogP contribution in [0.4, 0.5) is 0 Å². The van der Waals surface area contributed by atoms with Crippen LogP contribution in [-0.4, -0.2) is 42.9 Å². The standard InChI is InChI=1S/C16H31N3O2/c1-12(2)8-15(10-17)9-16(21)19-6-4-14(5-7-19)11-18-13(3)20/h12,14-15H,4-11,17H2,1-3H3,(H,18,20). The average molecular weight is 297 g/mol. The minimum Gasteiger partial charge on any atom is -0.356 e. The Morgan fingerprint density at radius 2 is 1.90 bits per heavy atom. The number of hydrogen-bond donors (Lipinski definition) is 2. The van der Waals surface area contributed by atoms with Crippen LogP contribution in [0.25, 0.3) is 0 Å². The van der Waals surface area contributed by atoms with Crippen molar-refractivity contribution in [2.45, 2.75) is 46.5 Å².